The van der Waals surface area contributed by atoms with Crippen molar-refractivity contribution in [2.75, 3.05) is 6.61 Å². The van der Waals surface area contributed by atoms with Crippen LogP contribution < -0.4 is 10.5 Å². The van der Waals surface area contributed by atoms with E-state index in [1.54, 1.807) is 0 Å². The summed E-state index contributed by atoms with van der Waals surface area (Å²) in [5, 5.41) is 0. The lowest BCUT2D eigenvalue weighted by atomic mass is 9.76. The second-order valence-electron chi connectivity index (χ2n) is 6.49. The fourth-order valence-electron chi connectivity index (χ4n) is 3.35. The molecule has 1 saturated carbocycles. The van der Waals surface area contributed by atoms with E-state index >= 15 is 0 Å². The molecule has 0 bridgehead atoms. The van der Waals surface area contributed by atoms with Crippen LogP contribution in [0.5, 0.6) is 5.75 Å². The van der Waals surface area contributed by atoms with Gasteiger partial charge in [0.1, 0.15) is 5.75 Å². The van der Waals surface area contributed by atoms with E-state index in [2.05, 4.69) is 38.1 Å². The van der Waals surface area contributed by atoms with Crippen LogP contribution in [0.2, 0.25) is 0 Å². The lowest BCUT2D eigenvalue weighted by molar-refractivity contribution is 0.240. The van der Waals surface area contributed by atoms with Crippen LogP contribution in [0.25, 0.3) is 0 Å². The van der Waals surface area contributed by atoms with Crippen molar-refractivity contribution in [3.8, 4) is 5.75 Å². The Balaban J connectivity index is 1.86. The molecule has 0 aliphatic heterocycles. The van der Waals surface area contributed by atoms with Gasteiger partial charge in [0.2, 0.25) is 0 Å². The summed E-state index contributed by atoms with van der Waals surface area (Å²) in [6, 6.07) is 8.63. The third kappa shape index (κ3) is 4.74. The molecule has 0 radical (unpaired) electrons. The maximum absolute atomic E-state index is 6.49. The van der Waals surface area contributed by atoms with Crippen molar-refractivity contribution in [3.05, 3.63) is 29.8 Å². The second-order valence-corrected chi connectivity index (χ2v) is 6.49. The summed E-state index contributed by atoms with van der Waals surface area (Å²) in [7, 11) is 0. The SMILES string of the molecule is CCCCOc1ccc(C(N)C2CCC(CC)CC2)cc1. The molecule has 21 heavy (non-hydrogen) atoms. The van der Waals surface area contributed by atoms with Crippen LogP contribution in [-0.2, 0) is 0 Å². The lowest BCUT2D eigenvalue weighted by Crippen LogP contribution is -2.25. The van der Waals surface area contributed by atoms with Crippen LogP contribution in [0.4, 0.5) is 0 Å². The van der Waals surface area contributed by atoms with Crippen LogP contribution in [0.1, 0.15) is 70.4 Å². The first-order chi connectivity index (χ1) is 10.2. The van der Waals surface area contributed by atoms with Crippen molar-refractivity contribution in [1.29, 1.82) is 0 Å². The standard InChI is InChI=1S/C19H31NO/c1-3-5-14-21-18-12-10-17(11-13-18)19(20)16-8-6-15(4-2)7-9-16/h10-13,15-16,19H,3-9,14,20H2,1-2H3. The van der Waals surface area contributed by atoms with Gasteiger partial charge in [-0.25, -0.2) is 0 Å². The molecule has 1 atom stereocenters. The molecule has 0 saturated heterocycles. The molecule has 1 aromatic carbocycles. The molecule has 2 rings (SSSR count). The maximum Gasteiger partial charge on any atom is 0.119 e. The third-order valence-corrected chi connectivity index (χ3v) is 5.01. The molecule has 1 aromatic rings. The molecule has 2 N–H and O–H groups in total. The van der Waals surface area contributed by atoms with Crippen molar-refractivity contribution in [3.63, 3.8) is 0 Å². The van der Waals surface area contributed by atoms with Crippen LogP contribution in [-0.4, -0.2) is 6.61 Å². The van der Waals surface area contributed by atoms with Gasteiger partial charge in [-0.3, -0.25) is 0 Å². The molecule has 0 heterocycles. The average molecular weight is 289 g/mol. The zero-order valence-corrected chi connectivity index (χ0v) is 13.7. The quantitative estimate of drug-likeness (QED) is 0.710. The fraction of sp³-hybridized carbons (Fsp3) is 0.684. The molecular formula is C19H31NO. The minimum atomic E-state index is 0.187. The molecular weight excluding hydrogens is 258 g/mol. The molecule has 0 aromatic heterocycles. The number of unbranched alkanes of at least 4 members (excludes halogenated alkanes) is 1. The molecule has 2 nitrogen and oxygen atoms in total. The lowest BCUT2D eigenvalue weighted by Gasteiger charge is -2.32. The molecule has 1 unspecified atom stereocenters. The smallest absolute Gasteiger partial charge is 0.119 e. The van der Waals surface area contributed by atoms with Gasteiger partial charge in [0, 0.05) is 6.04 Å². The third-order valence-electron chi connectivity index (χ3n) is 5.01. The number of benzene rings is 1. The molecule has 0 amide bonds. The highest BCUT2D eigenvalue weighted by Gasteiger charge is 2.25. The number of nitrogens with two attached hydrogens (primary N) is 1. The van der Waals surface area contributed by atoms with Gasteiger partial charge in [-0.15, -0.1) is 0 Å². The van der Waals surface area contributed by atoms with Crippen molar-refractivity contribution in [2.45, 2.75) is 64.8 Å². The Morgan fingerprint density at radius 2 is 1.76 bits per heavy atom. The monoisotopic (exact) mass is 289 g/mol. The summed E-state index contributed by atoms with van der Waals surface area (Å²) in [5.41, 5.74) is 7.75. The largest absolute Gasteiger partial charge is 0.494 e. The summed E-state index contributed by atoms with van der Waals surface area (Å²) < 4.78 is 5.71. The van der Waals surface area contributed by atoms with Crippen LogP contribution in [0.3, 0.4) is 0 Å². The Hall–Kier alpha value is -1.02. The van der Waals surface area contributed by atoms with Crippen molar-refractivity contribution in [2.24, 2.45) is 17.6 Å². The first kappa shape index (κ1) is 16.4. The van der Waals surface area contributed by atoms with E-state index in [9.17, 15) is 0 Å². The van der Waals surface area contributed by atoms with Crippen molar-refractivity contribution >= 4 is 0 Å². The average Bonchev–Trinajstić information content (AvgIpc) is 2.55. The normalized spacial score (nSPS) is 23.8. The van der Waals surface area contributed by atoms with E-state index in [0.717, 1.165) is 24.7 Å². The van der Waals surface area contributed by atoms with Gasteiger partial charge in [0.15, 0.2) is 0 Å². The predicted octanol–water partition coefficient (Wildman–Crippen LogP) is 5.08. The molecule has 2 heteroatoms. The van der Waals surface area contributed by atoms with E-state index < -0.39 is 0 Å². The second kappa shape index (κ2) is 8.43. The highest BCUT2D eigenvalue weighted by molar-refractivity contribution is 5.29. The first-order valence-corrected chi connectivity index (χ1v) is 8.72. The Bertz CT molecular complexity index is 393. The molecule has 1 aliphatic carbocycles. The summed E-state index contributed by atoms with van der Waals surface area (Å²) >= 11 is 0. The van der Waals surface area contributed by atoms with Gasteiger partial charge >= 0.3 is 0 Å². The van der Waals surface area contributed by atoms with E-state index in [1.165, 1.54) is 44.1 Å². The zero-order valence-electron chi connectivity index (χ0n) is 13.7. The number of hydrogen-bond acceptors (Lipinski definition) is 2. The van der Waals surface area contributed by atoms with Gasteiger partial charge in [-0.05, 0) is 48.8 Å². The first-order valence-electron chi connectivity index (χ1n) is 8.72. The minimum Gasteiger partial charge on any atom is -0.494 e. The van der Waals surface area contributed by atoms with Crippen molar-refractivity contribution < 1.29 is 4.74 Å². The maximum atomic E-state index is 6.49. The van der Waals surface area contributed by atoms with E-state index in [1.807, 2.05) is 0 Å². The van der Waals surface area contributed by atoms with Crippen molar-refractivity contribution in [1.82, 2.24) is 0 Å². The number of ether oxygens (including phenoxy) is 1. The Labute approximate surface area is 130 Å². The predicted molar refractivity (Wildman–Crippen MR) is 89.5 cm³/mol. The highest BCUT2D eigenvalue weighted by Crippen LogP contribution is 2.37. The number of rotatable bonds is 7. The van der Waals surface area contributed by atoms with E-state index in [0.29, 0.717) is 5.92 Å². The number of hydrogen-bond donors (Lipinski definition) is 1. The molecule has 0 spiro atoms. The Kier molecular flexibility index (Phi) is 6.56. The molecule has 1 aliphatic rings. The van der Waals surface area contributed by atoms with Crippen LogP contribution >= 0.6 is 0 Å². The Morgan fingerprint density at radius 3 is 2.33 bits per heavy atom. The van der Waals surface area contributed by atoms with Gasteiger partial charge in [-0.2, -0.15) is 0 Å². The van der Waals surface area contributed by atoms with Gasteiger partial charge in [0.05, 0.1) is 6.61 Å². The van der Waals surface area contributed by atoms with Crippen LogP contribution in [0.15, 0.2) is 24.3 Å². The fourth-order valence-corrected chi connectivity index (χ4v) is 3.35. The zero-order chi connectivity index (χ0) is 15.1. The minimum absolute atomic E-state index is 0.187. The van der Waals surface area contributed by atoms with Crippen LogP contribution in [0, 0.1) is 11.8 Å². The van der Waals surface area contributed by atoms with E-state index in [-0.39, 0.29) is 6.04 Å². The van der Waals surface area contributed by atoms with Gasteiger partial charge in [-0.1, -0.05) is 51.7 Å². The topological polar surface area (TPSA) is 35.2 Å². The summed E-state index contributed by atoms with van der Waals surface area (Å²) in [5.74, 6) is 2.55. The summed E-state index contributed by atoms with van der Waals surface area (Å²) in [4.78, 5) is 0. The molecule has 1 fully saturated rings. The Morgan fingerprint density at radius 1 is 1.10 bits per heavy atom. The van der Waals surface area contributed by atoms with Gasteiger partial charge in [0.25, 0.3) is 0 Å². The van der Waals surface area contributed by atoms with Gasteiger partial charge < -0.3 is 10.5 Å². The highest BCUT2D eigenvalue weighted by atomic mass is 16.5. The summed E-state index contributed by atoms with van der Waals surface area (Å²) in [6.07, 6.45) is 8.89. The van der Waals surface area contributed by atoms with E-state index in [4.69, 9.17) is 10.5 Å². The summed E-state index contributed by atoms with van der Waals surface area (Å²) in [6.45, 7) is 5.30. The molecule has 118 valence electrons.